The molecule has 3 N–H and O–H groups in total. The third-order valence-corrected chi connectivity index (χ3v) is 5.40. The Kier molecular flexibility index (Phi) is 8.14. The second-order valence-corrected chi connectivity index (χ2v) is 7.96. The maximum absolute atomic E-state index is 13.0. The van der Waals surface area contributed by atoms with E-state index in [2.05, 4.69) is 15.6 Å². The molecule has 0 saturated carbocycles. The van der Waals surface area contributed by atoms with E-state index in [4.69, 9.17) is 0 Å². The number of para-hydroxylation sites is 1. The van der Waals surface area contributed by atoms with Crippen molar-refractivity contribution < 1.29 is 14.7 Å². The Morgan fingerprint density at radius 1 is 1.13 bits per heavy atom. The minimum Gasteiger partial charge on any atom is -0.374 e. The summed E-state index contributed by atoms with van der Waals surface area (Å²) in [5.74, 6) is -0.480. The molecule has 0 spiro atoms. The Morgan fingerprint density at radius 3 is 2.58 bits per heavy atom. The number of aromatic nitrogens is 1. The van der Waals surface area contributed by atoms with Crippen LogP contribution in [0, 0.1) is 6.92 Å². The summed E-state index contributed by atoms with van der Waals surface area (Å²) in [5.41, 5.74) is 2.57. The van der Waals surface area contributed by atoms with E-state index >= 15 is 0 Å². The summed E-state index contributed by atoms with van der Waals surface area (Å²) in [4.78, 5) is 31.1. The number of hydrogen-bond acceptors (Lipinski definition) is 6. The molecule has 0 aliphatic rings. The average Bonchev–Trinajstić information content (AvgIpc) is 3.29. The number of anilines is 2. The second-order valence-electron chi connectivity index (χ2n) is 7.06. The molecule has 0 bridgehead atoms. The van der Waals surface area contributed by atoms with Gasteiger partial charge in [-0.2, -0.15) is 0 Å². The Bertz CT molecular complexity index is 980. The molecule has 2 amide bonds. The van der Waals surface area contributed by atoms with E-state index in [1.807, 2.05) is 61.5 Å². The number of carbonyl (C=O) groups excluding carboxylic acids is 2. The van der Waals surface area contributed by atoms with Crippen molar-refractivity contribution in [2.45, 2.75) is 32.5 Å². The minimum absolute atomic E-state index is 0.0832. The van der Waals surface area contributed by atoms with Gasteiger partial charge in [-0.1, -0.05) is 48.5 Å². The van der Waals surface area contributed by atoms with Crippen LogP contribution in [0.2, 0.25) is 0 Å². The first-order valence-corrected chi connectivity index (χ1v) is 10.9. The number of nitrogens with one attached hydrogen (secondary N) is 2. The zero-order chi connectivity index (χ0) is 22.1. The van der Waals surface area contributed by atoms with Gasteiger partial charge in [0.15, 0.2) is 5.13 Å². The van der Waals surface area contributed by atoms with Crippen LogP contribution in [-0.2, 0) is 16.1 Å². The topological polar surface area (TPSA) is 94.6 Å². The second kappa shape index (κ2) is 11.2. The number of aliphatic hydroxyl groups is 1. The molecule has 3 aromatic rings. The smallest absolute Gasteiger partial charge is 0.240 e. The van der Waals surface area contributed by atoms with Crippen LogP contribution in [0.1, 0.15) is 24.0 Å². The van der Waals surface area contributed by atoms with Crippen LogP contribution in [0.15, 0.2) is 66.2 Å². The zero-order valence-electron chi connectivity index (χ0n) is 17.3. The number of benzene rings is 2. The molecule has 8 heteroatoms. The number of thiazole rings is 1. The van der Waals surface area contributed by atoms with Gasteiger partial charge in [-0.3, -0.25) is 9.59 Å². The molecular formula is C23H26N4O3S. The third kappa shape index (κ3) is 6.91. The lowest BCUT2D eigenvalue weighted by atomic mass is 10.1. The standard InChI is InChI=1S/C23H26N4O3S/c1-17-7-5-6-10-19(17)27(16-21(29)25-15-18-8-3-2-4-9-18)22(30)12-11-20(28)26-23-24-13-14-31-23/h2-10,13-14,20,28H,11-12,15-16H2,1H3,(H,24,26)(H,25,29). The number of aryl methyl sites for hydroxylation is 1. The average molecular weight is 439 g/mol. The normalized spacial score (nSPS) is 11.5. The lowest BCUT2D eigenvalue weighted by Gasteiger charge is -2.25. The summed E-state index contributed by atoms with van der Waals surface area (Å²) < 4.78 is 0. The van der Waals surface area contributed by atoms with Crippen LogP contribution in [0.25, 0.3) is 0 Å². The van der Waals surface area contributed by atoms with E-state index in [0.717, 1.165) is 11.1 Å². The highest BCUT2D eigenvalue weighted by Gasteiger charge is 2.21. The Hall–Kier alpha value is -3.23. The van der Waals surface area contributed by atoms with Crippen molar-refractivity contribution in [2.75, 3.05) is 16.8 Å². The fourth-order valence-corrected chi connectivity index (χ4v) is 3.65. The van der Waals surface area contributed by atoms with Crippen molar-refractivity contribution in [1.29, 1.82) is 0 Å². The molecule has 1 aromatic heterocycles. The van der Waals surface area contributed by atoms with Gasteiger partial charge in [0.1, 0.15) is 12.8 Å². The predicted molar refractivity (Wildman–Crippen MR) is 123 cm³/mol. The van der Waals surface area contributed by atoms with E-state index in [1.54, 1.807) is 11.6 Å². The maximum atomic E-state index is 13.0. The van der Waals surface area contributed by atoms with Crippen molar-refractivity contribution in [3.8, 4) is 0 Å². The van der Waals surface area contributed by atoms with Crippen molar-refractivity contribution in [2.24, 2.45) is 0 Å². The lowest BCUT2D eigenvalue weighted by Crippen LogP contribution is -2.41. The van der Waals surface area contributed by atoms with Gasteiger partial charge in [0, 0.05) is 36.7 Å². The summed E-state index contributed by atoms with van der Waals surface area (Å²) in [7, 11) is 0. The first-order chi connectivity index (χ1) is 15.0. The van der Waals surface area contributed by atoms with Gasteiger partial charge in [0.2, 0.25) is 11.8 Å². The molecule has 0 fully saturated rings. The van der Waals surface area contributed by atoms with Crippen molar-refractivity contribution in [1.82, 2.24) is 10.3 Å². The number of hydrogen-bond donors (Lipinski definition) is 3. The Morgan fingerprint density at radius 2 is 1.87 bits per heavy atom. The van der Waals surface area contributed by atoms with E-state index in [-0.39, 0.29) is 31.2 Å². The van der Waals surface area contributed by atoms with E-state index in [0.29, 0.717) is 17.4 Å². The highest BCUT2D eigenvalue weighted by molar-refractivity contribution is 7.13. The molecule has 0 saturated heterocycles. The van der Waals surface area contributed by atoms with Crippen LogP contribution in [0.5, 0.6) is 0 Å². The van der Waals surface area contributed by atoms with E-state index in [1.165, 1.54) is 16.2 Å². The quantitative estimate of drug-likeness (QED) is 0.422. The minimum atomic E-state index is -0.902. The van der Waals surface area contributed by atoms with Crippen LogP contribution in [0.4, 0.5) is 10.8 Å². The maximum Gasteiger partial charge on any atom is 0.240 e. The molecule has 3 rings (SSSR count). The van der Waals surface area contributed by atoms with Crippen molar-refractivity contribution >= 4 is 34.0 Å². The number of amides is 2. The van der Waals surface area contributed by atoms with Crippen LogP contribution >= 0.6 is 11.3 Å². The van der Waals surface area contributed by atoms with Gasteiger partial charge in [-0.05, 0) is 24.1 Å². The van der Waals surface area contributed by atoms with Crippen molar-refractivity contribution in [3.63, 3.8) is 0 Å². The molecule has 31 heavy (non-hydrogen) atoms. The van der Waals surface area contributed by atoms with Crippen LogP contribution in [0.3, 0.4) is 0 Å². The molecule has 0 aliphatic heterocycles. The molecule has 1 heterocycles. The van der Waals surface area contributed by atoms with Gasteiger partial charge in [0.05, 0.1) is 0 Å². The molecule has 1 atom stereocenters. The zero-order valence-corrected chi connectivity index (χ0v) is 18.1. The van der Waals surface area contributed by atoms with Gasteiger partial charge in [-0.15, -0.1) is 11.3 Å². The van der Waals surface area contributed by atoms with E-state index < -0.39 is 6.23 Å². The Balaban J connectivity index is 1.62. The van der Waals surface area contributed by atoms with Crippen LogP contribution in [-0.4, -0.2) is 34.7 Å². The van der Waals surface area contributed by atoms with Gasteiger partial charge >= 0.3 is 0 Å². The van der Waals surface area contributed by atoms with Gasteiger partial charge < -0.3 is 20.6 Å². The first kappa shape index (κ1) is 22.5. The summed E-state index contributed by atoms with van der Waals surface area (Å²) in [5, 5.41) is 18.3. The largest absolute Gasteiger partial charge is 0.374 e. The van der Waals surface area contributed by atoms with Gasteiger partial charge in [0.25, 0.3) is 0 Å². The molecule has 0 radical (unpaired) electrons. The van der Waals surface area contributed by atoms with Crippen LogP contribution < -0.4 is 15.5 Å². The Labute approximate surface area is 185 Å². The fraction of sp³-hybridized carbons (Fsp3) is 0.261. The van der Waals surface area contributed by atoms with Gasteiger partial charge in [-0.25, -0.2) is 4.98 Å². The number of carbonyl (C=O) groups is 2. The molecule has 7 nitrogen and oxygen atoms in total. The van der Waals surface area contributed by atoms with Crippen molar-refractivity contribution in [3.05, 3.63) is 77.3 Å². The fourth-order valence-electron chi connectivity index (χ4n) is 3.07. The lowest BCUT2D eigenvalue weighted by molar-refractivity contribution is -0.124. The summed E-state index contributed by atoms with van der Waals surface area (Å²) >= 11 is 1.37. The monoisotopic (exact) mass is 438 g/mol. The number of nitrogens with zero attached hydrogens (tertiary/aromatic N) is 2. The van der Waals surface area contributed by atoms with E-state index in [9.17, 15) is 14.7 Å². The number of rotatable bonds is 10. The third-order valence-electron chi connectivity index (χ3n) is 4.70. The predicted octanol–water partition coefficient (Wildman–Crippen LogP) is 3.31. The first-order valence-electron chi connectivity index (χ1n) is 10.0. The summed E-state index contributed by atoms with van der Waals surface area (Å²) in [6.45, 7) is 2.20. The molecule has 1 unspecified atom stereocenters. The highest BCUT2D eigenvalue weighted by Crippen LogP contribution is 2.21. The SMILES string of the molecule is Cc1ccccc1N(CC(=O)NCc1ccccc1)C(=O)CCC(O)Nc1nccs1. The highest BCUT2D eigenvalue weighted by atomic mass is 32.1. The number of aliphatic hydroxyl groups excluding tert-OH is 1. The molecule has 2 aromatic carbocycles. The molecular weight excluding hydrogens is 412 g/mol. The molecule has 162 valence electrons. The molecule has 0 aliphatic carbocycles. The summed E-state index contributed by atoms with van der Waals surface area (Å²) in [6, 6.07) is 17.1. The summed E-state index contributed by atoms with van der Waals surface area (Å²) in [6.07, 6.45) is 1.02.